The van der Waals surface area contributed by atoms with E-state index in [4.69, 9.17) is 11.6 Å². The van der Waals surface area contributed by atoms with E-state index in [0.29, 0.717) is 0 Å². The van der Waals surface area contributed by atoms with Crippen LogP contribution < -0.4 is 5.32 Å². The SMILES string of the molecule is Clc1ccc(NCCc2ccsc2)c(Br)c1. The number of hydrogen-bond donors (Lipinski definition) is 1. The topological polar surface area (TPSA) is 12.0 Å². The number of anilines is 1. The summed E-state index contributed by atoms with van der Waals surface area (Å²) in [6, 6.07) is 7.93. The van der Waals surface area contributed by atoms with Crippen molar-refractivity contribution in [2.24, 2.45) is 0 Å². The van der Waals surface area contributed by atoms with Crippen LogP contribution in [0.25, 0.3) is 0 Å². The van der Waals surface area contributed by atoms with Gasteiger partial charge < -0.3 is 5.32 Å². The number of thiophene rings is 1. The molecule has 0 aliphatic rings. The van der Waals surface area contributed by atoms with Crippen molar-refractivity contribution in [1.29, 1.82) is 0 Å². The summed E-state index contributed by atoms with van der Waals surface area (Å²) in [4.78, 5) is 0. The second-order valence-electron chi connectivity index (χ2n) is 3.43. The lowest BCUT2D eigenvalue weighted by Gasteiger charge is -2.08. The number of nitrogens with one attached hydrogen (secondary N) is 1. The normalized spacial score (nSPS) is 10.4. The van der Waals surface area contributed by atoms with Crippen molar-refractivity contribution in [3.05, 3.63) is 50.1 Å². The summed E-state index contributed by atoms with van der Waals surface area (Å²) in [5.41, 5.74) is 2.46. The monoisotopic (exact) mass is 315 g/mol. The molecule has 1 aromatic carbocycles. The molecule has 1 aromatic heterocycles. The predicted molar refractivity (Wildman–Crippen MR) is 75.7 cm³/mol. The number of rotatable bonds is 4. The first-order valence-electron chi connectivity index (χ1n) is 4.96. The molecule has 0 spiro atoms. The molecule has 4 heteroatoms. The summed E-state index contributed by atoms with van der Waals surface area (Å²) in [6.45, 7) is 0.928. The minimum absolute atomic E-state index is 0.746. The maximum Gasteiger partial charge on any atom is 0.0485 e. The summed E-state index contributed by atoms with van der Waals surface area (Å²) in [7, 11) is 0. The molecular weight excluding hydrogens is 306 g/mol. The highest BCUT2D eigenvalue weighted by Crippen LogP contribution is 2.25. The second-order valence-corrected chi connectivity index (χ2v) is 5.50. The van der Waals surface area contributed by atoms with Crippen molar-refractivity contribution >= 4 is 44.6 Å². The van der Waals surface area contributed by atoms with Gasteiger partial charge in [-0.15, -0.1) is 0 Å². The van der Waals surface area contributed by atoms with Crippen molar-refractivity contribution in [2.75, 3.05) is 11.9 Å². The lowest BCUT2D eigenvalue weighted by Crippen LogP contribution is -2.04. The zero-order valence-electron chi connectivity index (χ0n) is 8.54. The van der Waals surface area contributed by atoms with Gasteiger partial charge in [0.1, 0.15) is 0 Å². The highest BCUT2D eigenvalue weighted by Gasteiger charge is 2.00. The van der Waals surface area contributed by atoms with Gasteiger partial charge in [-0.2, -0.15) is 11.3 Å². The molecule has 2 rings (SSSR count). The zero-order chi connectivity index (χ0) is 11.4. The van der Waals surface area contributed by atoms with Crippen LogP contribution in [-0.4, -0.2) is 6.54 Å². The van der Waals surface area contributed by atoms with Gasteiger partial charge in [0.25, 0.3) is 0 Å². The summed E-state index contributed by atoms with van der Waals surface area (Å²) in [6.07, 6.45) is 1.04. The van der Waals surface area contributed by atoms with E-state index in [1.807, 2.05) is 18.2 Å². The van der Waals surface area contributed by atoms with E-state index in [9.17, 15) is 0 Å². The second kappa shape index (κ2) is 5.71. The van der Waals surface area contributed by atoms with Crippen LogP contribution in [0, 0.1) is 0 Å². The predicted octanol–water partition coefficient (Wildman–Crippen LogP) is 4.82. The third kappa shape index (κ3) is 3.24. The van der Waals surface area contributed by atoms with Crippen molar-refractivity contribution < 1.29 is 0 Å². The maximum atomic E-state index is 5.88. The van der Waals surface area contributed by atoms with Crippen LogP contribution in [0.3, 0.4) is 0 Å². The number of benzene rings is 1. The third-order valence-corrected chi connectivity index (χ3v) is 3.86. The summed E-state index contributed by atoms with van der Waals surface area (Å²) in [5.74, 6) is 0. The van der Waals surface area contributed by atoms with E-state index in [1.165, 1.54) is 5.56 Å². The van der Waals surface area contributed by atoms with E-state index in [2.05, 4.69) is 38.1 Å². The van der Waals surface area contributed by atoms with Crippen LogP contribution in [0.2, 0.25) is 5.02 Å². The van der Waals surface area contributed by atoms with E-state index in [-0.39, 0.29) is 0 Å². The van der Waals surface area contributed by atoms with Gasteiger partial charge in [-0.1, -0.05) is 11.6 Å². The molecule has 16 heavy (non-hydrogen) atoms. The van der Waals surface area contributed by atoms with E-state index >= 15 is 0 Å². The Morgan fingerprint density at radius 1 is 1.31 bits per heavy atom. The summed E-state index contributed by atoms with van der Waals surface area (Å²) in [5, 5.41) is 8.41. The smallest absolute Gasteiger partial charge is 0.0485 e. The quantitative estimate of drug-likeness (QED) is 0.853. The van der Waals surface area contributed by atoms with Crippen LogP contribution in [0.4, 0.5) is 5.69 Å². The molecule has 0 saturated heterocycles. The van der Waals surface area contributed by atoms with Crippen LogP contribution in [0.5, 0.6) is 0 Å². The van der Waals surface area contributed by atoms with E-state index in [1.54, 1.807) is 11.3 Å². The van der Waals surface area contributed by atoms with Crippen molar-refractivity contribution in [1.82, 2.24) is 0 Å². The fraction of sp³-hybridized carbons (Fsp3) is 0.167. The fourth-order valence-corrected chi connectivity index (χ4v) is 2.94. The van der Waals surface area contributed by atoms with Gasteiger partial charge in [0.05, 0.1) is 0 Å². The minimum Gasteiger partial charge on any atom is -0.384 e. The van der Waals surface area contributed by atoms with Gasteiger partial charge in [-0.05, 0) is 62.9 Å². The average molecular weight is 317 g/mol. The molecule has 0 aliphatic carbocycles. The first-order valence-corrected chi connectivity index (χ1v) is 7.07. The lowest BCUT2D eigenvalue weighted by molar-refractivity contribution is 1.03. The Balaban J connectivity index is 1.90. The Hall–Kier alpha value is -0.510. The molecule has 0 atom stereocenters. The van der Waals surface area contributed by atoms with Gasteiger partial charge in [0.2, 0.25) is 0 Å². The van der Waals surface area contributed by atoms with Gasteiger partial charge in [0, 0.05) is 21.7 Å². The first kappa shape index (κ1) is 12.0. The summed E-state index contributed by atoms with van der Waals surface area (Å²) >= 11 is 11.1. The van der Waals surface area contributed by atoms with Crippen molar-refractivity contribution in [3.63, 3.8) is 0 Å². The van der Waals surface area contributed by atoms with E-state index in [0.717, 1.165) is 28.1 Å². The average Bonchev–Trinajstić information content (AvgIpc) is 2.74. The molecule has 2 aromatic rings. The lowest BCUT2D eigenvalue weighted by atomic mass is 10.2. The molecule has 0 unspecified atom stereocenters. The van der Waals surface area contributed by atoms with Crippen LogP contribution in [0.1, 0.15) is 5.56 Å². The molecule has 0 fully saturated rings. The standard InChI is InChI=1S/C12H11BrClNS/c13-11-7-10(14)1-2-12(11)15-5-3-9-4-6-16-8-9/h1-2,4,6-8,15H,3,5H2. The molecular formula is C12H11BrClNS. The highest BCUT2D eigenvalue weighted by atomic mass is 79.9. The molecule has 1 N–H and O–H groups in total. The Morgan fingerprint density at radius 3 is 2.88 bits per heavy atom. The zero-order valence-corrected chi connectivity index (χ0v) is 11.7. The number of hydrogen-bond acceptors (Lipinski definition) is 2. The van der Waals surface area contributed by atoms with Crippen LogP contribution in [-0.2, 0) is 6.42 Å². The van der Waals surface area contributed by atoms with Gasteiger partial charge >= 0.3 is 0 Å². The third-order valence-electron chi connectivity index (χ3n) is 2.24. The Kier molecular flexibility index (Phi) is 4.27. The van der Waals surface area contributed by atoms with Crippen molar-refractivity contribution in [2.45, 2.75) is 6.42 Å². The Labute approximate surface area is 113 Å². The molecule has 1 nitrogen and oxygen atoms in total. The van der Waals surface area contributed by atoms with Crippen LogP contribution in [0.15, 0.2) is 39.5 Å². The Morgan fingerprint density at radius 2 is 2.19 bits per heavy atom. The van der Waals surface area contributed by atoms with E-state index < -0.39 is 0 Å². The molecule has 84 valence electrons. The largest absolute Gasteiger partial charge is 0.384 e. The summed E-state index contributed by atoms with van der Waals surface area (Å²) < 4.78 is 1.00. The van der Waals surface area contributed by atoms with Gasteiger partial charge in [-0.25, -0.2) is 0 Å². The minimum atomic E-state index is 0.746. The maximum absolute atomic E-state index is 5.88. The first-order chi connectivity index (χ1) is 7.75. The van der Waals surface area contributed by atoms with Gasteiger partial charge in [-0.3, -0.25) is 0 Å². The Bertz CT molecular complexity index is 456. The fourth-order valence-electron chi connectivity index (χ4n) is 1.41. The molecule has 0 bridgehead atoms. The molecule has 1 heterocycles. The highest BCUT2D eigenvalue weighted by molar-refractivity contribution is 9.10. The number of halogens is 2. The molecule has 0 saturated carbocycles. The van der Waals surface area contributed by atoms with Crippen molar-refractivity contribution in [3.8, 4) is 0 Å². The molecule has 0 radical (unpaired) electrons. The molecule has 0 aliphatic heterocycles. The molecule has 0 amide bonds. The van der Waals surface area contributed by atoms with Crippen LogP contribution >= 0.6 is 38.9 Å². The van der Waals surface area contributed by atoms with Gasteiger partial charge in [0.15, 0.2) is 0 Å².